The Morgan fingerprint density at radius 1 is 1.44 bits per heavy atom. The third-order valence-electron chi connectivity index (χ3n) is 3.27. The number of rotatable bonds is 7. The van der Waals surface area contributed by atoms with Crippen LogP contribution in [-0.2, 0) is 4.79 Å². The lowest BCUT2D eigenvalue weighted by Crippen LogP contribution is -2.37. The van der Waals surface area contributed by atoms with Crippen LogP contribution in [0.2, 0.25) is 0 Å². The van der Waals surface area contributed by atoms with Crippen LogP contribution in [0, 0.1) is 5.41 Å². The van der Waals surface area contributed by atoms with E-state index in [1.165, 1.54) is 18.1 Å². The van der Waals surface area contributed by atoms with Crippen LogP contribution in [-0.4, -0.2) is 33.8 Å². The predicted molar refractivity (Wildman–Crippen MR) is 73.0 cm³/mol. The Bertz CT molecular complexity index is 408. The van der Waals surface area contributed by atoms with Crippen molar-refractivity contribution < 1.29 is 9.90 Å². The highest BCUT2D eigenvalue weighted by Crippen LogP contribution is 2.27. The normalized spacial score (nSPS) is 11.3. The maximum absolute atomic E-state index is 11.4. The molecule has 0 saturated heterocycles. The minimum absolute atomic E-state index is 0.375. The van der Waals surface area contributed by atoms with Crippen molar-refractivity contribution in [3.8, 4) is 0 Å². The van der Waals surface area contributed by atoms with Crippen molar-refractivity contribution in [3.63, 3.8) is 0 Å². The number of thioether (sulfide) groups is 1. The Morgan fingerprint density at radius 2 is 2.11 bits per heavy atom. The van der Waals surface area contributed by atoms with Crippen LogP contribution < -0.4 is 5.32 Å². The zero-order valence-corrected chi connectivity index (χ0v) is 11.8. The molecule has 1 aromatic rings. The van der Waals surface area contributed by atoms with Gasteiger partial charge in [-0.3, -0.25) is 4.79 Å². The Morgan fingerprint density at radius 3 is 2.61 bits per heavy atom. The Hall–Kier alpha value is -1.30. The molecule has 0 radical (unpaired) electrons. The molecular formula is C12H19N3O2S. The molecule has 0 aromatic carbocycles. The fourth-order valence-electron chi connectivity index (χ4n) is 1.69. The van der Waals surface area contributed by atoms with Gasteiger partial charge in [-0.15, -0.1) is 11.8 Å². The van der Waals surface area contributed by atoms with Crippen molar-refractivity contribution in [1.82, 2.24) is 9.97 Å². The van der Waals surface area contributed by atoms with Gasteiger partial charge in [0.15, 0.2) is 0 Å². The van der Waals surface area contributed by atoms with Crippen LogP contribution in [0.5, 0.6) is 0 Å². The van der Waals surface area contributed by atoms with Crippen LogP contribution in [0.4, 0.5) is 5.82 Å². The van der Waals surface area contributed by atoms with E-state index in [1.54, 1.807) is 0 Å². The smallest absolute Gasteiger partial charge is 0.311 e. The largest absolute Gasteiger partial charge is 0.481 e. The van der Waals surface area contributed by atoms with Gasteiger partial charge in [-0.25, -0.2) is 9.97 Å². The summed E-state index contributed by atoms with van der Waals surface area (Å²) in [5.41, 5.74) is -0.732. The summed E-state index contributed by atoms with van der Waals surface area (Å²) in [7, 11) is 0. The van der Waals surface area contributed by atoms with E-state index in [-0.39, 0.29) is 0 Å². The lowest BCUT2D eigenvalue weighted by molar-refractivity contribution is -0.148. The van der Waals surface area contributed by atoms with Gasteiger partial charge in [-0.2, -0.15) is 0 Å². The molecule has 0 fully saturated rings. The van der Waals surface area contributed by atoms with Gasteiger partial charge < -0.3 is 10.4 Å². The fourth-order valence-corrected chi connectivity index (χ4v) is 2.07. The zero-order chi connectivity index (χ0) is 13.6. The zero-order valence-electron chi connectivity index (χ0n) is 10.9. The van der Waals surface area contributed by atoms with Gasteiger partial charge in [0.2, 0.25) is 0 Å². The van der Waals surface area contributed by atoms with Gasteiger partial charge in [-0.05, 0) is 19.1 Å². The summed E-state index contributed by atoms with van der Waals surface area (Å²) in [5, 5.41) is 13.3. The van der Waals surface area contributed by atoms with Gasteiger partial charge in [0.1, 0.15) is 17.2 Å². The molecule has 2 N–H and O–H groups in total. The van der Waals surface area contributed by atoms with E-state index < -0.39 is 11.4 Å². The summed E-state index contributed by atoms with van der Waals surface area (Å²) < 4.78 is 0. The number of nitrogens with one attached hydrogen (secondary N) is 1. The molecule has 1 rings (SSSR count). The summed E-state index contributed by atoms with van der Waals surface area (Å²) in [4.78, 5) is 19.5. The highest BCUT2D eigenvalue weighted by molar-refractivity contribution is 7.98. The molecule has 0 unspecified atom stereocenters. The van der Waals surface area contributed by atoms with Crippen LogP contribution in [0.25, 0.3) is 0 Å². The summed E-state index contributed by atoms with van der Waals surface area (Å²) in [6.45, 7) is 4.17. The molecule has 0 saturated carbocycles. The van der Waals surface area contributed by atoms with E-state index in [0.717, 1.165) is 5.03 Å². The number of anilines is 1. The molecule has 0 atom stereocenters. The van der Waals surface area contributed by atoms with Crippen LogP contribution in [0.3, 0.4) is 0 Å². The number of aliphatic carboxylic acids is 1. The first-order valence-electron chi connectivity index (χ1n) is 5.91. The second-order valence-corrected chi connectivity index (χ2v) is 4.92. The molecule has 1 aromatic heterocycles. The molecule has 0 bridgehead atoms. The minimum atomic E-state index is -0.765. The molecule has 0 amide bonds. The molecule has 0 aliphatic heterocycles. The van der Waals surface area contributed by atoms with E-state index in [4.69, 9.17) is 0 Å². The third-order valence-corrected chi connectivity index (χ3v) is 3.91. The fraction of sp³-hybridized carbons (Fsp3) is 0.583. The monoisotopic (exact) mass is 269 g/mol. The molecule has 0 spiro atoms. The van der Waals surface area contributed by atoms with Crippen LogP contribution in [0.1, 0.15) is 26.7 Å². The average Bonchev–Trinajstić information content (AvgIpc) is 2.40. The minimum Gasteiger partial charge on any atom is -0.481 e. The maximum atomic E-state index is 11.4. The highest BCUT2D eigenvalue weighted by atomic mass is 32.2. The van der Waals surface area contributed by atoms with Crippen LogP contribution in [0.15, 0.2) is 17.4 Å². The van der Waals surface area contributed by atoms with Gasteiger partial charge in [-0.1, -0.05) is 13.8 Å². The molecule has 100 valence electrons. The molecule has 0 aliphatic rings. The number of hydrogen-bond acceptors (Lipinski definition) is 5. The Labute approximate surface area is 111 Å². The molecule has 18 heavy (non-hydrogen) atoms. The van der Waals surface area contributed by atoms with Gasteiger partial charge in [0, 0.05) is 12.6 Å². The van der Waals surface area contributed by atoms with Crippen molar-refractivity contribution in [1.29, 1.82) is 0 Å². The summed E-state index contributed by atoms with van der Waals surface area (Å²) in [6, 6.07) is 1.82. The maximum Gasteiger partial charge on any atom is 0.311 e. The molecule has 5 nitrogen and oxygen atoms in total. The molecule has 1 heterocycles. The van der Waals surface area contributed by atoms with E-state index >= 15 is 0 Å². The van der Waals surface area contributed by atoms with Crippen molar-refractivity contribution in [2.24, 2.45) is 5.41 Å². The first kappa shape index (κ1) is 14.8. The quantitative estimate of drug-likeness (QED) is 0.585. The summed E-state index contributed by atoms with van der Waals surface area (Å²) in [5.74, 6) is -0.0963. The third kappa shape index (κ3) is 3.35. The van der Waals surface area contributed by atoms with E-state index in [2.05, 4.69) is 15.3 Å². The number of carboxylic acids is 1. The lowest BCUT2D eigenvalue weighted by Gasteiger charge is -2.27. The van der Waals surface area contributed by atoms with Crippen molar-refractivity contribution in [2.75, 3.05) is 18.1 Å². The number of carbonyl (C=O) groups is 1. The first-order chi connectivity index (χ1) is 8.57. The highest BCUT2D eigenvalue weighted by Gasteiger charge is 2.34. The van der Waals surface area contributed by atoms with Gasteiger partial charge in [0.25, 0.3) is 0 Å². The Kier molecular flexibility index (Phi) is 5.40. The second-order valence-electron chi connectivity index (χ2n) is 4.09. The number of aromatic nitrogens is 2. The summed E-state index contributed by atoms with van der Waals surface area (Å²) in [6.07, 6.45) is 4.60. The van der Waals surface area contributed by atoms with Crippen LogP contribution >= 0.6 is 11.8 Å². The lowest BCUT2D eigenvalue weighted by atomic mass is 9.82. The second kappa shape index (κ2) is 6.58. The number of hydrogen-bond donors (Lipinski definition) is 2. The van der Waals surface area contributed by atoms with E-state index in [1.807, 2.05) is 26.2 Å². The van der Waals surface area contributed by atoms with Gasteiger partial charge >= 0.3 is 5.97 Å². The predicted octanol–water partition coefficient (Wildman–Crippen LogP) is 2.50. The van der Waals surface area contributed by atoms with E-state index in [0.29, 0.717) is 25.2 Å². The number of nitrogens with zero attached hydrogens (tertiary/aromatic N) is 2. The summed E-state index contributed by atoms with van der Waals surface area (Å²) >= 11 is 1.53. The Balaban J connectivity index is 2.75. The topological polar surface area (TPSA) is 75.1 Å². The molecular weight excluding hydrogens is 250 g/mol. The molecule has 6 heteroatoms. The van der Waals surface area contributed by atoms with Crippen molar-refractivity contribution in [3.05, 3.63) is 12.4 Å². The van der Waals surface area contributed by atoms with Crippen molar-refractivity contribution in [2.45, 2.75) is 31.7 Å². The van der Waals surface area contributed by atoms with E-state index in [9.17, 15) is 9.90 Å². The SMILES string of the molecule is CCC(CC)(CNc1cc(SC)ncn1)C(=O)O. The first-order valence-corrected chi connectivity index (χ1v) is 7.13. The average molecular weight is 269 g/mol. The standard InChI is InChI=1S/C12H19N3O2S/c1-4-12(5-2,11(16)17)7-13-9-6-10(18-3)15-8-14-9/h6,8H,4-5,7H2,1-3H3,(H,16,17)(H,13,14,15). The van der Waals surface area contributed by atoms with Gasteiger partial charge in [0.05, 0.1) is 5.41 Å². The van der Waals surface area contributed by atoms with Crippen molar-refractivity contribution >= 4 is 23.5 Å². The molecule has 0 aliphatic carbocycles. The number of carboxylic acid groups (broad SMARTS) is 1.